The van der Waals surface area contributed by atoms with Gasteiger partial charge in [0.05, 0.1) is 34.8 Å². The Balaban J connectivity index is 1.48. The molecule has 190 valence electrons. The van der Waals surface area contributed by atoms with Gasteiger partial charge in [-0.3, -0.25) is 14.6 Å². The van der Waals surface area contributed by atoms with Crippen LogP contribution in [0, 0.1) is 5.92 Å². The number of benzene rings is 1. The number of Topliss-reactive ketones (excluding diaryl/α,β-unsaturated/α-hetero) is 1. The molecule has 3 saturated carbocycles. The molecule has 9 nitrogen and oxygen atoms in total. The maximum atomic E-state index is 13.4. The number of nitrogens with one attached hydrogen (secondary N) is 1. The van der Waals surface area contributed by atoms with Crippen LogP contribution in [0.3, 0.4) is 0 Å². The first-order valence-electron chi connectivity index (χ1n) is 12.3. The SMILES string of the molecule is O=C1CCC(C=C(C(=O)Nc2cnc(C(O)CO)cn2)c2ccc(S(=O)(=O)C3CC3)c(C3CC3)c2)C1. The predicted octanol–water partition coefficient (Wildman–Crippen LogP) is 2.71. The van der Waals surface area contributed by atoms with Crippen molar-refractivity contribution in [3.63, 3.8) is 0 Å². The van der Waals surface area contributed by atoms with Gasteiger partial charge in [-0.1, -0.05) is 12.1 Å². The smallest absolute Gasteiger partial charge is 0.257 e. The number of amides is 1. The molecule has 1 aromatic heterocycles. The van der Waals surface area contributed by atoms with Crippen LogP contribution >= 0.6 is 0 Å². The van der Waals surface area contributed by atoms with Gasteiger partial charge in [-0.25, -0.2) is 13.4 Å². The fraction of sp³-hybridized carbons (Fsp3) is 0.462. The summed E-state index contributed by atoms with van der Waals surface area (Å²) >= 11 is 0. The molecule has 36 heavy (non-hydrogen) atoms. The second-order valence-electron chi connectivity index (χ2n) is 9.87. The van der Waals surface area contributed by atoms with E-state index in [-0.39, 0.29) is 34.4 Å². The number of rotatable bonds is 9. The quantitative estimate of drug-likeness (QED) is 0.436. The van der Waals surface area contributed by atoms with E-state index in [0.717, 1.165) is 18.4 Å². The van der Waals surface area contributed by atoms with E-state index in [4.69, 9.17) is 5.11 Å². The number of sulfone groups is 1. The van der Waals surface area contributed by atoms with Crippen LogP contribution in [-0.4, -0.2) is 52.1 Å². The number of aliphatic hydroxyl groups excluding tert-OH is 2. The van der Waals surface area contributed by atoms with Gasteiger partial charge >= 0.3 is 0 Å². The lowest BCUT2D eigenvalue weighted by molar-refractivity contribution is -0.117. The first-order chi connectivity index (χ1) is 17.3. The highest BCUT2D eigenvalue weighted by molar-refractivity contribution is 7.92. The van der Waals surface area contributed by atoms with Crippen molar-refractivity contribution in [2.45, 2.75) is 67.1 Å². The minimum Gasteiger partial charge on any atom is -0.393 e. The number of allylic oxidation sites excluding steroid dienone is 1. The first-order valence-corrected chi connectivity index (χ1v) is 13.8. The molecule has 1 heterocycles. The third-order valence-corrected chi connectivity index (χ3v) is 9.30. The maximum Gasteiger partial charge on any atom is 0.257 e. The molecule has 5 rings (SSSR count). The third kappa shape index (κ3) is 5.25. The second-order valence-corrected chi connectivity index (χ2v) is 12.1. The average Bonchev–Trinajstić information content (AvgIpc) is 3.79. The molecule has 3 aliphatic carbocycles. The summed E-state index contributed by atoms with van der Waals surface area (Å²) in [7, 11) is -3.38. The van der Waals surface area contributed by atoms with Gasteiger partial charge in [-0.15, -0.1) is 0 Å². The molecule has 0 aliphatic heterocycles. The number of ketones is 1. The van der Waals surface area contributed by atoms with Gasteiger partial charge in [-0.05, 0) is 67.2 Å². The molecule has 0 spiro atoms. The standard InChI is InChI=1S/C26H29N3O6S/c30-14-23(32)22-12-28-25(13-27-22)29-26(33)21(10-15-1-5-18(31)9-15)17-4-8-24(20(11-17)16-2-3-16)36(34,35)19-6-7-19/h4,8,10-13,15-16,19,23,30,32H,1-3,5-7,9,14H2,(H,28,29,33). The Morgan fingerprint density at radius 2 is 1.92 bits per heavy atom. The summed E-state index contributed by atoms with van der Waals surface area (Å²) in [4.78, 5) is 33.8. The number of carbonyl (C=O) groups is 2. The molecule has 2 atom stereocenters. The zero-order chi connectivity index (χ0) is 25.4. The summed E-state index contributed by atoms with van der Waals surface area (Å²) in [6.07, 6.45) is 7.92. The summed E-state index contributed by atoms with van der Waals surface area (Å²) in [6.45, 7) is -0.497. The summed E-state index contributed by atoms with van der Waals surface area (Å²) in [5.74, 6) is -0.0337. The zero-order valence-corrected chi connectivity index (χ0v) is 20.6. The molecule has 1 amide bonds. The molecule has 3 aliphatic rings. The number of aromatic nitrogens is 2. The zero-order valence-electron chi connectivity index (χ0n) is 19.8. The Labute approximate surface area is 209 Å². The van der Waals surface area contributed by atoms with Crippen LogP contribution in [0.4, 0.5) is 5.82 Å². The van der Waals surface area contributed by atoms with Crippen molar-refractivity contribution in [1.29, 1.82) is 0 Å². The van der Waals surface area contributed by atoms with Gasteiger partial charge in [0, 0.05) is 18.4 Å². The molecule has 2 unspecified atom stereocenters. The van der Waals surface area contributed by atoms with Crippen LogP contribution in [0.15, 0.2) is 41.6 Å². The van der Waals surface area contributed by atoms with Gasteiger partial charge in [0.2, 0.25) is 0 Å². The van der Waals surface area contributed by atoms with E-state index in [1.165, 1.54) is 12.4 Å². The van der Waals surface area contributed by atoms with E-state index in [1.807, 2.05) is 6.07 Å². The lowest BCUT2D eigenvalue weighted by Crippen LogP contribution is -2.17. The monoisotopic (exact) mass is 511 g/mol. The summed E-state index contributed by atoms with van der Waals surface area (Å²) < 4.78 is 26.1. The fourth-order valence-corrected chi connectivity index (χ4v) is 6.55. The second kappa shape index (κ2) is 9.84. The van der Waals surface area contributed by atoms with Crippen molar-refractivity contribution in [3.05, 3.63) is 53.5 Å². The molecule has 3 N–H and O–H groups in total. The van der Waals surface area contributed by atoms with E-state index in [1.54, 1.807) is 18.2 Å². The number of anilines is 1. The third-order valence-electron chi connectivity index (χ3n) is 6.97. The Hall–Kier alpha value is -2.95. The summed E-state index contributed by atoms with van der Waals surface area (Å²) in [5, 5.41) is 21.2. The van der Waals surface area contributed by atoms with E-state index >= 15 is 0 Å². The van der Waals surface area contributed by atoms with Crippen LogP contribution in [0.1, 0.15) is 73.8 Å². The Bertz CT molecular complexity index is 1310. The van der Waals surface area contributed by atoms with E-state index < -0.39 is 28.5 Å². The molecule has 10 heteroatoms. The number of hydrogen-bond acceptors (Lipinski definition) is 8. The van der Waals surface area contributed by atoms with Crippen LogP contribution < -0.4 is 5.32 Å². The van der Waals surface area contributed by atoms with Crippen molar-refractivity contribution >= 4 is 32.9 Å². The molecule has 3 fully saturated rings. The molecular formula is C26H29N3O6S. The van der Waals surface area contributed by atoms with Crippen molar-refractivity contribution in [3.8, 4) is 0 Å². The molecule has 0 bridgehead atoms. The van der Waals surface area contributed by atoms with E-state index in [9.17, 15) is 23.1 Å². The highest BCUT2D eigenvalue weighted by Crippen LogP contribution is 2.46. The van der Waals surface area contributed by atoms with E-state index in [2.05, 4.69) is 15.3 Å². The molecule has 1 aromatic carbocycles. The predicted molar refractivity (Wildman–Crippen MR) is 132 cm³/mol. The van der Waals surface area contributed by atoms with Crippen LogP contribution in [0.25, 0.3) is 5.57 Å². The number of aliphatic hydroxyl groups is 2. The topological polar surface area (TPSA) is 147 Å². The molecular weight excluding hydrogens is 482 g/mol. The Kier molecular flexibility index (Phi) is 6.76. The first kappa shape index (κ1) is 24.7. The van der Waals surface area contributed by atoms with Gasteiger partial charge in [0.1, 0.15) is 11.9 Å². The number of nitrogens with zero attached hydrogens (tertiary/aromatic N) is 2. The lowest BCUT2D eigenvalue weighted by atomic mass is 9.95. The lowest BCUT2D eigenvalue weighted by Gasteiger charge is -2.15. The van der Waals surface area contributed by atoms with Crippen molar-refractivity contribution in [2.24, 2.45) is 5.92 Å². The van der Waals surface area contributed by atoms with Gasteiger partial charge < -0.3 is 15.5 Å². The van der Waals surface area contributed by atoms with E-state index in [0.29, 0.717) is 48.1 Å². The fourth-order valence-electron chi connectivity index (χ4n) is 4.62. The minimum absolute atomic E-state index is 0.0781. The number of hydrogen-bond donors (Lipinski definition) is 3. The van der Waals surface area contributed by atoms with Gasteiger partial charge in [-0.2, -0.15) is 0 Å². The highest BCUT2D eigenvalue weighted by atomic mass is 32.2. The normalized spacial score (nSPS) is 21.4. The van der Waals surface area contributed by atoms with Crippen molar-refractivity contribution in [2.75, 3.05) is 11.9 Å². The largest absolute Gasteiger partial charge is 0.393 e. The van der Waals surface area contributed by atoms with Gasteiger partial charge in [0.25, 0.3) is 5.91 Å². The summed E-state index contributed by atoms with van der Waals surface area (Å²) in [6, 6.07) is 5.12. The minimum atomic E-state index is -3.38. The summed E-state index contributed by atoms with van der Waals surface area (Å²) in [5.41, 5.74) is 1.90. The molecule has 0 saturated heterocycles. The Morgan fingerprint density at radius 3 is 2.50 bits per heavy atom. The maximum absolute atomic E-state index is 13.4. The van der Waals surface area contributed by atoms with Crippen LogP contribution in [0.2, 0.25) is 0 Å². The molecule has 0 radical (unpaired) electrons. The van der Waals surface area contributed by atoms with Gasteiger partial charge in [0.15, 0.2) is 15.7 Å². The van der Waals surface area contributed by atoms with Crippen molar-refractivity contribution < 1.29 is 28.2 Å². The number of carbonyl (C=O) groups excluding carboxylic acids is 2. The van der Waals surface area contributed by atoms with Crippen molar-refractivity contribution in [1.82, 2.24) is 9.97 Å². The highest BCUT2D eigenvalue weighted by Gasteiger charge is 2.40. The van der Waals surface area contributed by atoms with Crippen LogP contribution in [0.5, 0.6) is 0 Å². The Morgan fingerprint density at radius 1 is 1.14 bits per heavy atom. The van der Waals surface area contributed by atoms with Crippen LogP contribution in [-0.2, 0) is 19.4 Å². The molecule has 2 aromatic rings. The average molecular weight is 512 g/mol.